The number of nitrogens with zero attached hydrogens (tertiary/aromatic N) is 4. The molecule has 1 aliphatic heterocycles. The number of carbonyl (C=O) groups excluding carboxylic acids is 1. The minimum atomic E-state index is -0.272. The van der Waals surface area contributed by atoms with Gasteiger partial charge in [-0.15, -0.1) is 0 Å². The van der Waals surface area contributed by atoms with Crippen molar-refractivity contribution >= 4 is 5.91 Å². The Balaban J connectivity index is 1.51. The largest absolute Gasteiger partial charge is 0.338 e. The lowest BCUT2D eigenvalue weighted by atomic mass is 9.77. The molecule has 1 aliphatic carbocycles. The van der Waals surface area contributed by atoms with E-state index in [1.807, 2.05) is 43.0 Å². The van der Waals surface area contributed by atoms with Crippen LogP contribution in [0.5, 0.6) is 0 Å². The summed E-state index contributed by atoms with van der Waals surface area (Å²) in [4.78, 5) is 44.5. The van der Waals surface area contributed by atoms with Gasteiger partial charge in [0.1, 0.15) is 5.82 Å². The molecule has 0 saturated carbocycles. The third-order valence-corrected chi connectivity index (χ3v) is 6.50. The van der Waals surface area contributed by atoms with Gasteiger partial charge in [0.2, 0.25) is 0 Å². The molecule has 4 heterocycles. The van der Waals surface area contributed by atoms with E-state index in [0.29, 0.717) is 24.4 Å². The highest BCUT2D eigenvalue weighted by atomic mass is 16.2. The van der Waals surface area contributed by atoms with Gasteiger partial charge in [0.25, 0.3) is 11.5 Å². The molecule has 1 N–H and O–H groups in total. The number of rotatable bonds is 2. The van der Waals surface area contributed by atoms with Crippen molar-refractivity contribution in [3.63, 3.8) is 0 Å². The number of H-pyrrole nitrogens is 1. The molecule has 1 saturated heterocycles. The Morgan fingerprint density at radius 3 is 2.71 bits per heavy atom. The van der Waals surface area contributed by atoms with Crippen LogP contribution in [0.25, 0.3) is 11.4 Å². The highest BCUT2D eigenvalue weighted by Gasteiger charge is 2.45. The van der Waals surface area contributed by atoms with Gasteiger partial charge in [-0.25, -0.2) is 4.98 Å². The third kappa shape index (κ3) is 3.44. The van der Waals surface area contributed by atoms with Crippen LogP contribution < -0.4 is 5.56 Å². The topological polar surface area (TPSA) is 91.8 Å². The summed E-state index contributed by atoms with van der Waals surface area (Å²) in [5, 5.41) is 0. The number of amides is 1. The monoisotopic (exact) mass is 415 g/mol. The Kier molecular flexibility index (Phi) is 4.68. The molecule has 7 nitrogen and oxygen atoms in total. The van der Waals surface area contributed by atoms with Crippen molar-refractivity contribution in [2.45, 2.75) is 44.9 Å². The van der Waals surface area contributed by atoms with Crippen molar-refractivity contribution in [2.24, 2.45) is 0 Å². The molecule has 31 heavy (non-hydrogen) atoms. The van der Waals surface area contributed by atoms with Gasteiger partial charge >= 0.3 is 0 Å². The first-order valence-electron chi connectivity index (χ1n) is 10.7. The van der Waals surface area contributed by atoms with E-state index in [9.17, 15) is 9.59 Å². The van der Waals surface area contributed by atoms with Crippen LogP contribution in [-0.2, 0) is 11.8 Å². The lowest BCUT2D eigenvalue weighted by Crippen LogP contribution is -2.48. The first-order chi connectivity index (χ1) is 14.9. The fraction of sp³-hybridized carbons (Fsp3) is 0.375. The maximum absolute atomic E-state index is 13.3. The van der Waals surface area contributed by atoms with Crippen molar-refractivity contribution in [1.29, 1.82) is 0 Å². The van der Waals surface area contributed by atoms with E-state index in [4.69, 9.17) is 4.98 Å². The second-order valence-electron chi connectivity index (χ2n) is 8.73. The number of piperidine rings is 1. The summed E-state index contributed by atoms with van der Waals surface area (Å²) >= 11 is 0. The van der Waals surface area contributed by atoms with Gasteiger partial charge in [0.05, 0.1) is 5.69 Å². The molecule has 1 atom stereocenters. The maximum atomic E-state index is 13.3. The van der Waals surface area contributed by atoms with Gasteiger partial charge < -0.3 is 9.88 Å². The fourth-order valence-corrected chi connectivity index (χ4v) is 5.13. The second-order valence-corrected chi connectivity index (χ2v) is 8.73. The summed E-state index contributed by atoms with van der Waals surface area (Å²) in [6, 6.07) is 7.42. The Morgan fingerprint density at radius 2 is 1.97 bits per heavy atom. The molecule has 2 aliphatic rings. The van der Waals surface area contributed by atoms with Crippen molar-refractivity contribution in [1.82, 2.24) is 24.8 Å². The second kappa shape index (κ2) is 7.41. The first kappa shape index (κ1) is 19.6. The zero-order valence-corrected chi connectivity index (χ0v) is 17.8. The smallest absolute Gasteiger partial charge is 0.254 e. The molecule has 1 fully saturated rings. The molecule has 158 valence electrons. The number of aromatic nitrogens is 4. The van der Waals surface area contributed by atoms with Crippen LogP contribution in [0, 0.1) is 13.8 Å². The van der Waals surface area contributed by atoms with Crippen molar-refractivity contribution in [3.05, 3.63) is 75.2 Å². The van der Waals surface area contributed by atoms with Crippen LogP contribution in [0.3, 0.4) is 0 Å². The summed E-state index contributed by atoms with van der Waals surface area (Å²) in [5.74, 6) is 0.570. The van der Waals surface area contributed by atoms with Gasteiger partial charge in [0, 0.05) is 59.0 Å². The highest BCUT2D eigenvalue weighted by Crippen LogP contribution is 2.43. The number of hydrogen-bond acceptors (Lipinski definition) is 5. The lowest BCUT2D eigenvalue weighted by Gasteiger charge is -2.40. The Bertz CT molecular complexity index is 1200. The molecule has 3 aromatic heterocycles. The van der Waals surface area contributed by atoms with Crippen molar-refractivity contribution < 1.29 is 4.79 Å². The molecule has 0 bridgehead atoms. The molecule has 7 heteroatoms. The Labute approximate surface area is 180 Å². The van der Waals surface area contributed by atoms with Crippen LogP contribution >= 0.6 is 0 Å². The molecule has 1 spiro atoms. The molecular formula is C24H25N5O2. The van der Waals surface area contributed by atoms with E-state index in [2.05, 4.69) is 15.0 Å². The average Bonchev–Trinajstić information content (AvgIpc) is 3.11. The SMILES string of the molecule is Cc1cc(C(=O)N2CCCC3(CCc4c3nc(-c3cccnc3)[nH]c4=O)C2)cc(C)n1. The number of likely N-dealkylation sites (tertiary alicyclic amines) is 1. The minimum Gasteiger partial charge on any atom is -0.338 e. The lowest BCUT2D eigenvalue weighted by molar-refractivity contribution is 0.0633. The predicted molar refractivity (Wildman–Crippen MR) is 117 cm³/mol. The normalized spacial score (nSPS) is 20.1. The van der Waals surface area contributed by atoms with E-state index in [1.165, 1.54) is 0 Å². The van der Waals surface area contributed by atoms with Gasteiger partial charge in [-0.05, 0) is 63.8 Å². The van der Waals surface area contributed by atoms with E-state index >= 15 is 0 Å². The number of fused-ring (bicyclic) bond motifs is 2. The maximum Gasteiger partial charge on any atom is 0.254 e. The van der Waals surface area contributed by atoms with Gasteiger partial charge in [-0.2, -0.15) is 0 Å². The van der Waals surface area contributed by atoms with E-state index < -0.39 is 0 Å². The molecule has 5 rings (SSSR count). The van der Waals surface area contributed by atoms with Crippen molar-refractivity contribution in [3.8, 4) is 11.4 Å². The quantitative estimate of drug-likeness (QED) is 0.695. The minimum absolute atomic E-state index is 0.0263. The van der Waals surface area contributed by atoms with Crippen molar-refractivity contribution in [2.75, 3.05) is 13.1 Å². The van der Waals surface area contributed by atoms with Crippen LogP contribution in [0.2, 0.25) is 0 Å². The van der Waals surface area contributed by atoms with Crippen LogP contribution in [0.1, 0.15) is 52.3 Å². The zero-order valence-electron chi connectivity index (χ0n) is 17.8. The standard InChI is InChI=1S/C24H25N5O2/c1-15-11-18(12-16(2)26-15)23(31)29-10-4-7-24(14-29)8-6-19-20(24)27-21(28-22(19)30)17-5-3-9-25-13-17/h3,5,9,11-13H,4,6-8,10,14H2,1-2H3,(H,27,28,30). The van der Waals surface area contributed by atoms with E-state index in [-0.39, 0.29) is 16.9 Å². The van der Waals surface area contributed by atoms with E-state index in [0.717, 1.165) is 54.0 Å². The molecule has 1 amide bonds. The Morgan fingerprint density at radius 1 is 1.16 bits per heavy atom. The summed E-state index contributed by atoms with van der Waals surface area (Å²) < 4.78 is 0. The number of aromatic amines is 1. The molecule has 0 radical (unpaired) electrons. The van der Waals surface area contributed by atoms with Gasteiger partial charge in [-0.3, -0.25) is 19.6 Å². The summed E-state index contributed by atoms with van der Waals surface area (Å²) in [7, 11) is 0. The zero-order chi connectivity index (χ0) is 21.6. The van der Waals surface area contributed by atoms with E-state index in [1.54, 1.807) is 12.4 Å². The highest BCUT2D eigenvalue weighted by molar-refractivity contribution is 5.94. The average molecular weight is 415 g/mol. The third-order valence-electron chi connectivity index (χ3n) is 6.50. The predicted octanol–water partition coefficient (Wildman–Crippen LogP) is 2.96. The van der Waals surface area contributed by atoms with Crippen LogP contribution in [-0.4, -0.2) is 43.8 Å². The number of hydrogen-bond donors (Lipinski definition) is 1. The molecular weight excluding hydrogens is 390 g/mol. The summed E-state index contributed by atoms with van der Waals surface area (Å²) in [5.41, 5.74) is 4.42. The van der Waals surface area contributed by atoms with Gasteiger partial charge in [0.15, 0.2) is 0 Å². The molecule has 3 aromatic rings. The summed E-state index contributed by atoms with van der Waals surface area (Å²) in [6.45, 7) is 5.12. The number of pyridine rings is 2. The van der Waals surface area contributed by atoms with Gasteiger partial charge in [-0.1, -0.05) is 0 Å². The Hall–Kier alpha value is -3.35. The fourth-order valence-electron chi connectivity index (χ4n) is 5.13. The number of aryl methyl sites for hydroxylation is 2. The number of carbonyl (C=O) groups is 1. The molecule has 1 unspecified atom stereocenters. The van der Waals surface area contributed by atoms with Crippen LogP contribution in [0.15, 0.2) is 41.5 Å². The van der Waals surface area contributed by atoms with Crippen LogP contribution in [0.4, 0.5) is 0 Å². The number of nitrogens with one attached hydrogen (secondary N) is 1. The first-order valence-corrected chi connectivity index (χ1v) is 10.7. The summed E-state index contributed by atoms with van der Waals surface area (Å²) in [6.07, 6.45) is 6.76. The molecule has 0 aromatic carbocycles.